The fourth-order valence-electron chi connectivity index (χ4n) is 3.10. The Morgan fingerprint density at radius 1 is 0.806 bits per heavy atom. The highest BCUT2D eigenvalue weighted by atomic mass is 16.6. The van der Waals surface area contributed by atoms with E-state index in [4.69, 9.17) is 14.2 Å². The van der Waals surface area contributed by atoms with Crippen LogP contribution in [0.25, 0.3) is 0 Å². The number of carbonyl (C=O) groups excluding carboxylic acids is 3. The van der Waals surface area contributed by atoms with Gasteiger partial charge in [0.05, 0.1) is 18.2 Å². The highest BCUT2D eigenvalue weighted by Crippen LogP contribution is 2.17. The predicted octanol–water partition coefficient (Wildman–Crippen LogP) is 2.58. The van der Waals surface area contributed by atoms with E-state index in [2.05, 4.69) is 15.5 Å². The number of ether oxygens (including phenoxy) is 3. The topological polar surface area (TPSA) is 154 Å². The van der Waals surface area contributed by atoms with Crippen molar-refractivity contribution >= 4 is 29.6 Å². The van der Waals surface area contributed by atoms with Gasteiger partial charge in [0, 0.05) is 6.07 Å². The smallest absolute Gasteiger partial charge is 0.349 e. The number of carboxylic acid groups (broad SMARTS) is 1. The fraction of sp³-hybridized carbons (Fsp3) is 0.200. The molecule has 1 amide bonds. The minimum Gasteiger partial charge on any atom is -0.480 e. The Morgan fingerprint density at radius 2 is 1.36 bits per heavy atom. The summed E-state index contributed by atoms with van der Waals surface area (Å²) in [6, 6.07) is 15.3. The van der Waals surface area contributed by atoms with Gasteiger partial charge >= 0.3 is 17.9 Å². The lowest BCUT2D eigenvalue weighted by molar-refractivity contribution is -0.157. The summed E-state index contributed by atoms with van der Waals surface area (Å²) in [7, 11) is 1.38. The maximum absolute atomic E-state index is 13.1. The van der Waals surface area contributed by atoms with Crippen molar-refractivity contribution in [2.24, 2.45) is 0 Å². The molecular formula is C25H23N3O8. The van der Waals surface area contributed by atoms with E-state index in [1.807, 2.05) is 0 Å². The number of aliphatic carboxylic acids is 1. The fourth-order valence-corrected chi connectivity index (χ4v) is 3.10. The Hall–Kier alpha value is -4.80. The van der Waals surface area contributed by atoms with Crippen LogP contribution in [-0.2, 0) is 19.1 Å². The van der Waals surface area contributed by atoms with Gasteiger partial charge in [-0.1, -0.05) is 35.4 Å². The van der Waals surface area contributed by atoms with Gasteiger partial charge in [-0.2, -0.15) is 0 Å². The molecule has 11 nitrogen and oxygen atoms in total. The predicted molar refractivity (Wildman–Crippen MR) is 126 cm³/mol. The first kappa shape index (κ1) is 25.8. The first-order valence-corrected chi connectivity index (χ1v) is 10.6. The van der Waals surface area contributed by atoms with Gasteiger partial charge in [0.1, 0.15) is 0 Å². The molecule has 2 N–H and O–H groups in total. The number of anilines is 1. The largest absolute Gasteiger partial charge is 0.480 e. The standard InChI is InChI=1S/C25H23N3O8/c1-14-6-4-8-16(12-14)24(32)35-20(22(29)26-18-10-11-19(34-3)28-27-18)21(23(30)31)36-25(33)17-9-5-7-15(2)13-17/h4-13,20-21H,1-3H3,(H,30,31)(H,26,27,29)/t20-,21+/m1/s1. The lowest BCUT2D eigenvalue weighted by Crippen LogP contribution is -2.48. The highest BCUT2D eigenvalue weighted by molar-refractivity contribution is 6.01. The number of methoxy groups -OCH3 is 1. The van der Waals surface area contributed by atoms with Crippen LogP contribution < -0.4 is 10.1 Å². The Bertz CT molecular complexity index is 1280. The second-order valence-corrected chi connectivity index (χ2v) is 7.68. The van der Waals surface area contributed by atoms with Crippen LogP contribution in [0, 0.1) is 13.8 Å². The summed E-state index contributed by atoms with van der Waals surface area (Å²) in [5, 5.41) is 19.6. The van der Waals surface area contributed by atoms with Crippen molar-refractivity contribution in [3.05, 3.63) is 82.9 Å². The number of aromatic nitrogens is 2. The highest BCUT2D eigenvalue weighted by Gasteiger charge is 2.41. The first-order valence-electron chi connectivity index (χ1n) is 10.6. The summed E-state index contributed by atoms with van der Waals surface area (Å²) in [6.07, 6.45) is -4.23. The number of carbonyl (C=O) groups is 4. The maximum atomic E-state index is 13.1. The number of esters is 2. The van der Waals surface area contributed by atoms with E-state index in [0.717, 1.165) is 11.1 Å². The van der Waals surface area contributed by atoms with Crippen LogP contribution in [0.15, 0.2) is 60.7 Å². The second kappa shape index (κ2) is 11.6. The van der Waals surface area contributed by atoms with E-state index >= 15 is 0 Å². The Balaban J connectivity index is 1.91. The molecule has 0 saturated heterocycles. The van der Waals surface area contributed by atoms with Gasteiger partial charge in [-0.05, 0) is 44.2 Å². The van der Waals surface area contributed by atoms with Gasteiger partial charge in [0.25, 0.3) is 5.91 Å². The zero-order valence-electron chi connectivity index (χ0n) is 19.6. The van der Waals surface area contributed by atoms with Crippen LogP contribution in [0.3, 0.4) is 0 Å². The average molecular weight is 493 g/mol. The van der Waals surface area contributed by atoms with E-state index in [9.17, 15) is 24.3 Å². The van der Waals surface area contributed by atoms with Crippen molar-refractivity contribution in [3.8, 4) is 5.88 Å². The van der Waals surface area contributed by atoms with Crippen LogP contribution in [0.2, 0.25) is 0 Å². The minimum atomic E-state index is -2.17. The SMILES string of the molecule is COc1ccc(NC(=O)[C@H](OC(=O)c2cccc(C)c2)[C@H](OC(=O)c2cccc(C)c2)C(=O)O)nn1. The molecule has 0 spiro atoms. The molecule has 0 bridgehead atoms. The van der Waals surface area contributed by atoms with Gasteiger partial charge in [-0.25, -0.2) is 14.4 Å². The van der Waals surface area contributed by atoms with Crippen LogP contribution in [0.4, 0.5) is 5.82 Å². The number of aryl methyl sites for hydroxylation is 2. The number of hydrogen-bond acceptors (Lipinski definition) is 9. The summed E-state index contributed by atoms with van der Waals surface area (Å²) in [4.78, 5) is 50.6. The quantitative estimate of drug-likeness (QED) is 0.425. The summed E-state index contributed by atoms with van der Waals surface area (Å²) >= 11 is 0. The maximum Gasteiger partial charge on any atom is 0.349 e. The van der Waals surface area contributed by atoms with Crippen LogP contribution in [0.1, 0.15) is 31.8 Å². The normalized spacial score (nSPS) is 12.1. The molecule has 36 heavy (non-hydrogen) atoms. The molecule has 186 valence electrons. The van der Waals surface area contributed by atoms with Gasteiger partial charge in [0.15, 0.2) is 5.82 Å². The van der Waals surface area contributed by atoms with E-state index in [1.54, 1.807) is 38.1 Å². The molecule has 0 fully saturated rings. The number of hydrogen-bond donors (Lipinski definition) is 2. The summed E-state index contributed by atoms with van der Waals surface area (Å²) in [5.41, 5.74) is 1.60. The molecule has 3 rings (SSSR count). The molecule has 0 aliphatic heterocycles. The molecule has 2 aromatic carbocycles. The Morgan fingerprint density at radius 3 is 1.81 bits per heavy atom. The number of carboxylic acids is 1. The summed E-state index contributed by atoms with van der Waals surface area (Å²) < 4.78 is 15.3. The van der Waals surface area contributed by atoms with Gasteiger partial charge < -0.3 is 24.6 Å². The van der Waals surface area contributed by atoms with E-state index in [-0.39, 0.29) is 22.8 Å². The van der Waals surface area contributed by atoms with Crippen molar-refractivity contribution in [1.29, 1.82) is 0 Å². The molecule has 0 saturated carbocycles. The van der Waals surface area contributed by atoms with Gasteiger partial charge in [0.2, 0.25) is 18.1 Å². The van der Waals surface area contributed by atoms with Crippen molar-refractivity contribution in [3.63, 3.8) is 0 Å². The van der Waals surface area contributed by atoms with Crippen molar-refractivity contribution in [2.75, 3.05) is 12.4 Å². The number of nitrogens with one attached hydrogen (secondary N) is 1. The minimum absolute atomic E-state index is 0.0615. The van der Waals surface area contributed by atoms with E-state index in [0.29, 0.717) is 0 Å². The molecule has 0 aliphatic carbocycles. The summed E-state index contributed by atoms with van der Waals surface area (Å²) in [5.74, 6) is -4.70. The van der Waals surface area contributed by atoms with Crippen LogP contribution in [-0.4, -0.2) is 58.4 Å². The molecule has 0 aliphatic rings. The number of rotatable bonds is 9. The zero-order chi connectivity index (χ0) is 26.2. The van der Waals surface area contributed by atoms with E-state index in [1.165, 1.54) is 43.5 Å². The molecule has 3 aromatic rings. The van der Waals surface area contributed by atoms with Crippen LogP contribution in [0.5, 0.6) is 5.88 Å². The third-order valence-electron chi connectivity index (χ3n) is 4.85. The number of amides is 1. The molecule has 1 heterocycles. The Labute approximate surface area is 206 Å². The average Bonchev–Trinajstić information content (AvgIpc) is 2.86. The van der Waals surface area contributed by atoms with Crippen LogP contribution >= 0.6 is 0 Å². The van der Waals surface area contributed by atoms with Gasteiger partial charge in [-0.3, -0.25) is 4.79 Å². The molecule has 0 unspecified atom stereocenters. The van der Waals surface area contributed by atoms with Crippen molar-refractivity contribution < 1.29 is 38.5 Å². The molecule has 2 atom stereocenters. The third kappa shape index (κ3) is 6.63. The Kier molecular flexibility index (Phi) is 8.29. The number of benzene rings is 2. The lowest BCUT2D eigenvalue weighted by atomic mass is 10.1. The molecular weight excluding hydrogens is 470 g/mol. The van der Waals surface area contributed by atoms with Crippen molar-refractivity contribution in [1.82, 2.24) is 10.2 Å². The second-order valence-electron chi connectivity index (χ2n) is 7.68. The lowest BCUT2D eigenvalue weighted by Gasteiger charge is -2.23. The number of nitrogens with zero attached hydrogens (tertiary/aromatic N) is 2. The third-order valence-corrected chi connectivity index (χ3v) is 4.85. The van der Waals surface area contributed by atoms with Gasteiger partial charge in [-0.15, -0.1) is 10.2 Å². The van der Waals surface area contributed by atoms with Crippen molar-refractivity contribution in [2.45, 2.75) is 26.1 Å². The molecule has 11 heteroatoms. The monoisotopic (exact) mass is 493 g/mol. The molecule has 0 radical (unpaired) electrons. The summed E-state index contributed by atoms with van der Waals surface area (Å²) in [6.45, 7) is 3.48. The molecule has 1 aromatic heterocycles. The zero-order valence-corrected chi connectivity index (χ0v) is 19.6. The first-order chi connectivity index (χ1) is 17.2. The van der Waals surface area contributed by atoms with E-state index < -0.39 is 36.0 Å².